The Morgan fingerprint density at radius 1 is 0.765 bits per heavy atom. The SMILES string of the molecule is O=C[C@H](O)[C@@H](O)[C@H](OC1O[C@H](COC2O[C@H](CO)[C@@H](O)[C@H](O)[C@H]2O)[C@@H](O)[C@H](O)[C@H]1O)[C@H](O)CO. The monoisotopic (exact) mass is 504 g/mol. The molecular weight excluding hydrogens is 472 g/mol. The topological polar surface area (TPSA) is 277 Å². The average molecular weight is 504 g/mol. The molecule has 0 bridgehead atoms. The number of hydrogen-bond acceptors (Lipinski definition) is 16. The first kappa shape index (κ1) is 29.3. The summed E-state index contributed by atoms with van der Waals surface area (Å²) in [4.78, 5) is 10.8. The Kier molecular flexibility index (Phi) is 11.1. The molecule has 11 N–H and O–H groups in total. The van der Waals surface area contributed by atoms with Crippen molar-refractivity contribution in [1.29, 1.82) is 0 Å². The maximum absolute atomic E-state index is 10.8. The van der Waals surface area contributed by atoms with E-state index < -0.39 is 106 Å². The first-order valence-corrected chi connectivity index (χ1v) is 10.4. The van der Waals surface area contributed by atoms with Crippen LogP contribution in [0.15, 0.2) is 0 Å². The smallest absolute Gasteiger partial charge is 0.187 e. The molecule has 16 nitrogen and oxygen atoms in total. The fraction of sp³-hybridized carbons (Fsp3) is 0.944. The van der Waals surface area contributed by atoms with Crippen LogP contribution in [0.4, 0.5) is 0 Å². The Morgan fingerprint density at radius 3 is 1.82 bits per heavy atom. The summed E-state index contributed by atoms with van der Waals surface area (Å²) in [7, 11) is 0. The zero-order valence-corrected chi connectivity index (χ0v) is 17.7. The molecule has 2 aliphatic rings. The fourth-order valence-electron chi connectivity index (χ4n) is 3.49. The maximum Gasteiger partial charge on any atom is 0.187 e. The maximum atomic E-state index is 10.8. The van der Waals surface area contributed by atoms with Gasteiger partial charge >= 0.3 is 0 Å². The third-order valence-electron chi connectivity index (χ3n) is 5.63. The van der Waals surface area contributed by atoms with E-state index in [0.29, 0.717) is 0 Å². The molecule has 0 saturated carbocycles. The largest absolute Gasteiger partial charge is 0.394 e. The molecule has 2 rings (SSSR count). The van der Waals surface area contributed by atoms with E-state index in [4.69, 9.17) is 24.1 Å². The molecule has 16 heteroatoms. The molecule has 0 aromatic rings. The van der Waals surface area contributed by atoms with Gasteiger partial charge in [0.1, 0.15) is 73.2 Å². The second kappa shape index (κ2) is 12.9. The Hall–Kier alpha value is -0.930. The van der Waals surface area contributed by atoms with Gasteiger partial charge in [0.05, 0.1) is 19.8 Å². The number of carbonyl (C=O) groups is 1. The summed E-state index contributed by atoms with van der Waals surface area (Å²) < 4.78 is 20.9. The Bertz CT molecular complexity index is 623. The summed E-state index contributed by atoms with van der Waals surface area (Å²) in [6.45, 7) is -2.39. The van der Waals surface area contributed by atoms with Crippen molar-refractivity contribution < 1.29 is 79.9 Å². The van der Waals surface area contributed by atoms with Crippen molar-refractivity contribution in [1.82, 2.24) is 0 Å². The second-order valence-corrected chi connectivity index (χ2v) is 8.01. The van der Waals surface area contributed by atoms with E-state index >= 15 is 0 Å². The molecule has 2 aliphatic heterocycles. The van der Waals surface area contributed by atoms with Crippen LogP contribution in [0.25, 0.3) is 0 Å². The molecule has 0 amide bonds. The number of aliphatic hydroxyl groups excluding tert-OH is 11. The highest BCUT2D eigenvalue weighted by molar-refractivity contribution is 5.56. The summed E-state index contributed by atoms with van der Waals surface area (Å²) >= 11 is 0. The van der Waals surface area contributed by atoms with Crippen molar-refractivity contribution in [2.24, 2.45) is 0 Å². The van der Waals surface area contributed by atoms with Crippen molar-refractivity contribution in [2.75, 3.05) is 19.8 Å². The standard InChI is InChI=1S/C18H32O16/c19-1-5(22)9(24)16(6(23)2-20)34-18-15(30)13(28)11(26)8(33-18)4-31-17-14(29)12(27)10(25)7(3-21)32-17/h1,5-18,20-30H,2-4H2/t5-,6+,7+,8+,9+,10+,11+,12-,13-,14+,15+,16+,17?,18?/m0/s1. The van der Waals surface area contributed by atoms with E-state index in [-0.39, 0.29) is 6.29 Å². The van der Waals surface area contributed by atoms with Gasteiger partial charge in [-0.15, -0.1) is 0 Å². The van der Waals surface area contributed by atoms with Gasteiger partial charge in [-0.1, -0.05) is 0 Å². The number of ether oxygens (including phenoxy) is 4. The van der Waals surface area contributed by atoms with Crippen LogP contribution in [0.1, 0.15) is 0 Å². The molecule has 0 spiro atoms. The highest BCUT2D eigenvalue weighted by Gasteiger charge is 2.49. The Labute approximate surface area is 192 Å². The summed E-state index contributed by atoms with van der Waals surface area (Å²) in [6, 6.07) is 0. The van der Waals surface area contributed by atoms with Gasteiger partial charge in [-0.2, -0.15) is 0 Å². The van der Waals surface area contributed by atoms with Crippen molar-refractivity contribution in [3.8, 4) is 0 Å². The quantitative estimate of drug-likeness (QED) is 0.117. The second-order valence-electron chi connectivity index (χ2n) is 8.01. The van der Waals surface area contributed by atoms with Crippen LogP contribution in [0.3, 0.4) is 0 Å². The van der Waals surface area contributed by atoms with Crippen molar-refractivity contribution in [3.63, 3.8) is 0 Å². The lowest BCUT2D eigenvalue weighted by molar-refractivity contribution is -0.343. The van der Waals surface area contributed by atoms with E-state index in [9.17, 15) is 55.9 Å². The van der Waals surface area contributed by atoms with Crippen LogP contribution in [-0.2, 0) is 23.7 Å². The highest BCUT2D eigenvalue weighted by atomic mass is 16.7. The number of hydrogen-bond donors (Lipinski definition) is 11. The predicted octanol–water partition coefficient (Wildman–Crippen LogP) is -7.73. The summed E-state index contributed by atoms with van der Waals surface area (Å²) in [6.07, 6.45) is -25.1. The minimum atomic E-state index is -2.08. The van der Waals surface area contributed by atoms with E-state index in [1.807, 2.05) is 0 Å². The number of carbonyl (C=O) groups excluding carboxylic acids is 1. The molecule has 0 radical (unpaired) electrons. The molecule has 200 valence electrons. The number of rotatable bonds is 11. The van der Waals surface area contributed by atoms with E-state index in [1.54, 1.807) is 0 Å². The Morgan fingerprint density at radius 2 is 1.29 bits per heavy atom. The highest BCUT2D eigenvalue weighted by Crippen LogP contribution is 2.27. The van der Waals surface area contributed by atoms with Crippen LogP contribution >= 0.6 is 0 Å². The van der Waals surface area contributed by atoms with Gasteiger partial charge in [0.2, 0.25) is 0 Å². The van der Waals surface area contributed by atoms with Crippen LogP contribution in [0.5, 0.6) is 0 Å². The van der Waals surface area contributed by atoms with Gasteiger partial charge in [0.15, 0.2) is 18.9 Å². The van der Waals surface area contributed by atoms with Crippen molar-refractivity contribution >= 4 is 6.29 Å². The summed E-state index contributed by atoms with van der Waals surface area (Å²) in [5, 5.41) is 108. The molecule has 14 atom stereocenters. The molecule has 0 aliphatic carbocycles. The predicted molar refractivity (Wildman–Crippen MR) is 102 cm³/mol. The van der Waals surface area contributed by atoms with Crippen LogP contribution in [0, 0.1) is 0 Å². The van der Waals surface area contributed by atoms with Crippen LogP contribution in [-0.4, -0.2) is 168 Å². The van der Waals surface area contributed by atoms with Gasteiger partial charge in [-0.3, -0.25) is 0 Å². The van der Waals surface area contributed by atoms with Gasteiger partial charge < -0.3 is 79.9 Å². The first-order chi connectivity index (χ1) is 16.0. The molecule has 34 heavy (non-hydrogen) atoms. The lowest BCUT2D eigenvalue weighted by atomic mass is 9.98. The van der Waals surface area contributed by atoms with E-state index in [1.165, 1.54) is 0 Å². The van der Waals surface area contributed by atoms with Crippen molar-refractivity contribution in [3.05, 3.63) is 0 Å². The zero-order chi connectivity index (χ0) is 25.7. The number of aliphatic hydroxyl groups is 11. The third-order valence-corrected chi connectivity index (χ3v) is 5.63. The Balaban J connectivity index is 2.10. The van der Waals surface area contributed by atoms with Crippen LogP contribution < -0.4 is 0 Å². The fourth-order valence-corrected chi connectivity index (χ4v) is 3.49. The van der Waals surface area contributed by atoms with E-state index in [0.717, 1.165) is 0 Å². The van der Waals surface area contributed by atoms with Gasteiger partial charge in [-0.25, -0.2) is 0 Å². The molecule has 2 saturated heterocycles. The normalized spacial score (nSPS) is 42.6. The third kappa shape index (κ3) is 6.44. The minimum absolute atomic E-state index is 0.0704. The first-order valence-electron chi connectivity index (χ1n) is 10.4. The minimum Gasteiger partial charge on any atom is -0.394 e. The molecule has 2 unspecified atom stereocenters. The van der Waals surface area contributed by atoms with Gasteiger partial charge in [0.25, 0.3) is 0 Å². The van der Waals surface area contributed by atoms with Crippen LogP contribution in [0.2, 0.25) is 0 Å². The molecule has 2 heterocycles. The molecule has 0 aromatic carbocycles. The van der Waals surface area contributed by atoms with E-state index in [2.05, 4.69) is 0 Å². The average Bonchev–Trinajstić information content (AvgIpc) is 2.84. The zero-order valence-electron chi connectivity index (χ0n) is 17.7. The lowest BCUT2D eigenvalue weighted by Gasteiger charge is -2.43. The van der Waals surface area contributed by atoms with Crippen molar-refractivity contribution in [2.45, 2.75) is 85.8 Å². The molecule has 2 fully saturated rings. The summed E-state index contributed by atoms with van der Waals surface area (Å²) in [5.74, 6) is 0. The summed E-state index contributed by atoms with van der Waals surface area (Å²) in [5.41, 5.74) is 0. The molecule has 0 aromatic heterocycles. The molecular formula is C18H32O16. The van der Waals surface area contributed by atoms with Gasteiger partial charge in [-0.05, 0) is 0 Å². The lowest BCUT2D eigenvalue weighted by Crippen LogP contribution is -2.63. The number of aldehydes is 1. The van der Waals surface area contributed by atoms with Gasteiger partial charge in [0, 0.05) is 0 Å².